The first-order chi connectivity index (χ1) is 14.1. The number of ether oxygens (including phenoxy) is 1. The average Bonchev–Trinajstić information content (AvgIpc) is 2.75. The highest BCUT2D eigenvalue weighted by atomic mass is 19.1. The van der Waals surface area contributed by atoms with Crippen LogP contribution >= 0.6 is 0 Å². The Balaban J connectivity index is 1.60. The summed E-state index contributed by atoms with van der Waals surface area (Å²) in [6, 6.07) is 18.1. The quantitative estimate of drug-likeness (QED) is 0.526. The lowest BCUT2D eigenvalue weighted by molar-refractivity contribution is -0.132. The minimum atomic E-state index is -0.236. The number of halogens is 1. The number of benzene rings is 2. The van der Waals surface area contributed by atoms with E-state index in [-0.39, 0.29) is 11.7 Å². The zero-order chi connectivity index (χ0) is 20.5. The van der Waals surface area contributed by atoms with E-state index >= 15 is 0 Å². The molecule has 0 atom stereocenters. The average molecular weight is 392 g/mol. The van der Waals surface area contributed by atoms with Gasteiger partial charge in [-0.15, -0.1) is 0 Å². The SMILES string of the molecule is CCC(=O)N(Cc1ccncc1)Cc1cccc(OCCc2ccc(F)cc2)c1. The van der Waals surface area contributed by atoms with Crippen LogP contribution in [0.25, 0.3) is 0 Å². The fourth-order valence-corrected chi connectivity index (χ4v) is 3.06. The van der Waals surface area contributed by atoms with Crippen LogP contribution in [-0.2, 0) is 24.3 Å². The van der Waals surface area contributed by atoms with Crippen molar-refractivity contribution in [1.29, 1.82) is 0 Å². The molecule has 150 valence electrons. The third kappa shape index (κ3) is 6.42. The van der Waals surface area contributed by atoms with Gasteiger partial charge in [-0.3, -0.25) is 9.78 Å². The summed E-state index contributed by atoms with van der Waals surface area (Å²) in [5.74, 6) is 0.627. The molecule has 4 nitrogen and oxygen atoms in total. The van der Waals surface area contributed by atoms with Crippen LogP contribution in [0.15, 0.2) is 73.1 Å². The first-order valence-electron chi connectivity index (χ1n) is 9.77. The van der Waals surface area contributed by atoms with Crippen LogP contribution in [0.5, 0.6) is 5.75 Å². The number of hydrogen-bond acceptors (Lipinski definition) is 3. The van der Waals surface area contributed by atoms with Gasteiger partial charge in [0, 0.05) is 38.3 Å². The van der Waals surface area contributed by atoms with E-state index < -0.39 is 0 Å². The molecule has 0 fully saturated rings. The summed E-state index contributed by atoms with van der Waals surface area (Å²) in [4.78, 5) is 18.3. The van der Waals surface area contributed by atoms with Gasteiger partial charge in [-0.1, -0.05) is 31.2 Å². The number of pyridine rings is 1. The third-order valence-corrected chi connectivity index (χ3v) is 4.62. The van der Waals surface area contributed by atoms with Crippen molar-refractivity contribution < 1.29 is 13.9 Å². The van der Waals surface area contributed by atoms with E-state index in [1.807, 2.05) is 48.2 Å². The summed E-state index contributed by atoms with van der Waals surface area (Å²) in [6.07, 6.45) is 4.63. The maximum atomic E-state index is 13.0. The predicted molar refractivity (Wildman–Crippen MR) is 111 cm³/mol. The highest BCUT2D eigenvalue weighted by molar-refractivity contribution is 5.75. The number of amides is 1. The lowest BCUT2D eigenvalue weighted by atomic mass is 10.1. The van der Waals surface area contributed by atoms with Gasteiger partial charge in [0.25, 0.3) is 0 Å². The van der Waals surface area contributed by atoms with Gasteiger partial charge in [-0.25, -0.2) is 4.39 Å². The van der Waals surface area contributed by atoms with E-state index in [9.17, 15) is 9.18 Å². The number of hydrogen-bond donors (Lipinski definition) is 0. The number of carbonyl (C=O) groups excluding carboxylic acids is 1. The molecule has 0 saturated carbocycles. The Hall–Kier alpha value is -3.21. The van der Waals surface area contributed by atoms with Gasteiger partial charge in [-0.05, 0) is 53.1 Å². The Morgan fingerprint density at radius 1 is 0.966 bits per heavy atom. The number of nitrogens with zero attached hydrogens (tertiary/aromatic N) is 2. The highest BCUT2D eigenvalue weighted by Crippen LogP contribution is 2.17. The van der Waals surface area contributed by atoms with Crippen molar-refractivity contribution in [3.05, 3.63) is 95.6 Å². The first kappa shape index (κ1) is 20.5. The van der Waals surface area contributed by atoms with E-state index in [0.29, 0.717) is 32.5 Å². The molecular formula is C24H25FN2O2. The lowest BCUT2D eigenvalue weighted by Crippen LogP contribution is -2.29. The zero-order valence-corrected chi connectivity index (χ0v) is 16.6. The van der Waals surface area contributed by atoms with E-state index in [0.717, 1.165) is 22.4 Å². The number of carbonyl (C=O) groups is 1. The maximum absolute atomic E-state index is 13.0. The van der Waals surface area contributed by atoms with Crippen LogP contribution in [0.3, 0.4) is 0 Å². The second-order valence-corrected chi connectivity index (χ2v) is 6.83. The molecule has 1 heterocycles. The minimum Gasteiger partial charge on any atom is -0.493 e. The van der Waals surface area contributed by atoms with E-state index in [2.05, 4.69) is 4.98 Å². The molecule has 0 unspecified atom stereocenters. The largest absolute Gasteiger partial charge is 0.493 e. The summed E-state index contributed by atoms with van der Waals surface area (Å²) in [5, 5.41) is 0. The molecule has 0 aliphatic heterocycles. The predicted octanol–water partition coefficient (Wildman–Crippen LogP) is 4.78. The maximum Gasteiger partial charge on any atom is 0.222 e. The summed E-state index contributed by atoms with van der Waals surface area (Å²) >= 11 is 0. The van der Waals surface area contributed by atoms with Gasteiger partial charge in [0.15, 0.2) is 0 Å². The summed E-state index contributed by atoms with van der Waals surface area (Å²) in [5.41, 5.74) is 3.09. The van der Waals surface area contributed by atoms with Gasteiger partial charge in [0.05, 0.1) is 6.61 Å². The highest BCUT2D eigenvalue weighted by Gasteiger charge is 2.13. The van der Waals surface area contributed by atoms with Crippen molar-refractivity contribution in [1.82, 2.24) is 9.88 Å². The first-order valence-corrected chi connectivity index (χ1v) is 9.77. The van der Waals surface area contributed by atoms with E-state index in [1.54, 1.807) is 24.5 Å². The van der Waals surface area contributed by atoms with Gasteiger partial charge < -0.3 is 9.64 Å². The van der Waals surface area contributed by atoms with Crippen LogP contribution in [0.2, 0.25) is 0 Å². The fraction of sp³-hybridized carbons (Fsp3) is 0.250. The molecule has 1 amide bonds. The lowest BCUT2D eigenvalue weighted by Gasteiger charge is -2.23. The monoisotopic (exact) mass is 392 g/mol. The Morgan fingerprint density at radius 2 is 1.69 bits per heavy atom. The Labute approximate surface area is 171 Å². The topological polar surface area (TPSA) is 42.4 Å². The van der Waals surface area contributed by atoms with Crippen molar-refractivity contribution in [2.45, 2.75) is 32.9 Å². The Bertz CT molecular complexity index is 914. The normalized spacial score (nSPS) is 10.6. The molecule has 3 aromatic rings. The zero-order valence-electron chi connectivity index (χ0n) is 16.6. The molecule has 0 saturated heterocycles. The molecule has 2 aromatic carbocycles. The van der Waals surface area contributed by atoms with Crippen molar-refractivity contribution in [2.24, 2.45) is 0 Å². The van der Waals surface area contributed by atoms with Gasteiger partial charge in [0.1, 0.15) is 11.6 Å². The summed E-state index contributed by atoms with van der Waals surface area (Å²) in [6.45, 7) is 3.44. The fourth-order valence-electron chi connectivity index (χ4n) is 3.06. The van der Waals surface area contributed by atoms with Crippen molar-refractivity contribution in [2.75, 3.05) is 6.61 Å². The molecule has 0 radical (unpaired) electrons. The van der Waals surface area contributed by atoms with Gasteiger partial charge >= 0.3 is 0 Å². The minimum absolute atomic E-state index is 0.101. The number of aromatic nitrogens is 1. The molecular weight excluding hydrogens is 367 g/mol. The van der Waals surface area contributed by atoms with E-state index in [4.69, 9.17) is 4.74 Å². The molecule has 0 spiro atoms. The molecule has 0 bridgehead atoms. The molecule has 5 heteroatoms. The standard InChI is InChI=1S/C24H25FN2O2/c1-2-24(28)27(17-20-10-13-26-14-11-20)18-21-4-3-5-23(16-21)29-15-12-19-6-8-22(25)9-7-19/h3-11,13-14,16H,2,12,15,17-18H2,1H3. The van der Waals surface area contributed by atoms with Crippen LogP contribution in [-0.4, -0.2) is 22.4 Å². The summed E-state index contributed by atoms with van der Waals surface area (Å²) in [7, 11) is 0. The Morgan fingerprint density at radius 3 is 2.41 bits per heavy atom. The molecule has 0 aliphatic carbocycles. The molecule has 1 aromatic heterocycles. The molecule has 0 aliphatic rings. The van der Waals surface area contributed by atoms with Gasteiger partial charge in [-0.2, -0.15) is 0 Å². The van der Waals surface area contributed by atoms with Crippen LogP contribution in [0, 0.1) is 5.82 Å². The van der Waals surface area contributed by atoms with Crippen LogP contribution in [0.1, 0.15) is 30.0 Å². The smallest absolute Gasteiger partial charge is 0.222 e. The summed E-state index contributed by atoms with van der Waals surface area (Å²) < 4.78 is 18.8. The number of rotatable bonds is 9. The molecule has 3 rings (SSSR count). The van der Waals surface area contributed by atoms with Crippen molar-refractivity contribution >= 4 is 5.91 Å². The third-order valence-electron chi connectivity index (χ3n) is 4.62. The molecule has 29 heavy (non-hydrogen) atoms. The van der Waals surface area contributed by atoms with Crippen molar-refractivity contribution in [3.63, 3.8) is 0 Å². The van der Waals surface area contributed by atoms with Crippen LogP contribution in [0.4, 0.5) is 4.39 Å². The van der Waals surface area contributed by atoms with Gasteiger partial charge in [0.2, 0.25) is 5.91 Å². The van der Waals surface area contributed by atoms with E-state index in [1.165, 1.54) is 12.1 Å². The second kappa shape index (κ2) is 10.4. The Kier molecular flexibility index (Phi) is 7.34. The second-order valence-electron chi connectivity index (χ2n) is 6.83. The van der Waals surface area contributed by atoms with Crippen molar-refractivity contribution in [3.8, 4) is 5.75 Å². The van der Waals surface area contributed by atoms with Crippen LogP contribution < -0.4 is 4.74 Å². The molecule has 0 N–H and O–H groups in total.